The average molecular weight is 472 g/mol. The first kappa shape index (κ1) is 23.3. The first-order chi connectivity index (χ1) is 15.6. The fraction of sp³-hybridized carbons (Fsp3) is 0.417. The van der Waals surface area contributed by atoms with E-state index in [0.717, 1.165) is 5.56 Å². The van der Waals surface area contributed by atoms with Crippen molar-refractivity contribution in [2.45, 2.75) is 63.5 Å². The van der Waals surface area contributed by atoms with Gasteiger partial charge >= 0.3 is 0 Å². The third-order valence-corrected chi connectivity index (χ3v) is 8.20. The second-order valence-corrected chi connectivity index (χ2v) is 10.8. The molecule has 2 heterocycles. The summed E-state index contributed by atoms with van der Waals surface area (Å²) in [5.74, 6) is 0.0541. The third kappa shape index (κ3) is 4.47. The van der Waals surface area contributed by atoms with Crippen LogP contribution in [0.5, 0.6) is 5.75 Å². The van der Waals surface area contributed by atoms with Crippen molar-refractivity contribution in [1.29, 1.82) is 0 Å². The van der Waals surface area contributed by atoms with E-state index < -0.39 is 22.2 Å². The van der Waals surface area contributed by atoms with E-state index >= 15 is 0 Å². The van der Waals surface area contributed by atoms with E-state index in [1.54, 1.807) is 19.9 Å². The minimum atomic E-state index is -3.96. The number of hydrogen-bond donors (Lipinski definition) is 2. The van der Waals surface area contributed by atoms with E-state index in [-0.39, 0.29) is 23.3 Å². The molecule has 0 bridgehead atoms. The minimum Gasteiger partial charge on any atom is -0.479 e. The molecule has 2 unspecified atom stereocenters. The van der Waals surface area contributed by atoms with E-state index in [2.05, 4.69) is 24.5 Å². The van der Waals surface area contributed by atoms with Crippen LogP contribution in [-0.4, -0.2) is 43.2 Å². The molecule has 2 amide bonds. The van der Waals surface area contributed by atoms with Crippen LogP contribution in [0.2, 0.25) is 0 Å². The van der Waals surface area contributed by atoms with Gasteiger partial charge in [-0.3, -0.25) is 9.59 Å². The van der Waals surface area contributed by atoms with Gasteiger partial charge in [-0.25, -0.2) is 8.42 Å². The number of anilines is 2. The highest BCUT2D eigenvalue weighted by atomic mass is 32.2. The average Bonchev–Trinajstić information content (AvgIpc) is 3.26. The normalized spacial score (nSPS) is 20.8. The van der Waals surface area contributed by atoms with E-state index in [1.165, 1.54) is 10.4 Å². The van der Waals surface area contributed by atoms with Gasteiger partial charge < -0.3 is 15.4 Å². The van der Waals surface area contributed by atoms with E-state index in [4.69, 9.17) is 4.74 Å². The molecule has 1 saturated heterocycles. The highest BCUT2D eigenvalue weighted by Crippen LogP contribution is 2.37. The zero-order chi connectivity index (χ0) is 23.9. The molecule has 2 N–H and O–H groups in total. The molecule has 9 heteroatoms. The maximum Gasteiger partial charge on any atom is 0.265 e. The Labute approximate surface area is 194 Å². The molecule has 8 nitrogen and oxygen atoms in total. The number of aryl methyl sites for hydroxylation is 1. The summed E-state index contributed by atoms with van der Waals surface area (Å²) in [7, 11) is -3.96. The number of nitrogens with one attached hydrogen (secondary N) is 2. The van der Waals surface area contributed by atoms with Crippen molar-refractivity contribution >= 4 is 33.2 Å². The molecule has 176 valence electrons. The zero-order valence-corrected chi connectivity index (χ0v) is 20.0. The summed E-state index contributed by atoms with van der Waals surface area (Å²) < 4.78 is 34.0. The summed E-state index contributed by atoms with van der Waals surface area (Å²) in [5.41, 5.74) is 2.71. The second kappa shape index (κ2) is 8.79. The van der Waals surface area contributed by atoms with Crippen LogP contribution in [0, 0.1) is 6.92 Å². The fourth-order valence-electron chi connectivity index (χ4n) is 4.21. The maximum absolute atomic E-state index is 13.6. The molecule has 0 spiro atoms. The van der Waals surface area contributed by atoms with Crippen molar-refractivity contribution in [3.63, 3.8) is 0 Å². The van der Waals surface area contributed by atoms with Crippen LogP contribution >= 0.6 is 0 Å². The van der Waals surface area contributed by atoms with Gasteiger partial charge in [-0.2, -0.15) is 4.31 Å². The Balaban J connectivity index is 1.58. The molecule has 2 aliphatic heterocycles. The highest BCUT2D eigenvalue weighted by Gasteiger charge is 2.40. The van der Waals surface area contributed by atoms with Crippen molar-refractivity contribution in [1.82, 2.24) is 4.31 Å². The molecular weight excluding hydrogens is 442 g/mol. The van der Waals surface area contributed by atoms with Gasteiger partial charge in [0.05, 0.1) is 10.6 Å². The molecule has 2 aromatic rings. The maximum atomic E-state index is 13.6. The van der Waals surface area contributed by atoms with Crippen molar-refractivity contribution in [3.05, 3.63) is 47.5 Å². The van der Waals surface area contributed by atoms with Gasteiger partial charge in [0.2, 0.25) is 15.9 Å². The Morgan fingerprint density at radius 2 is 1.91 bits per heavy atom. The number of amides is 2. The topological polar surface area (TPSA) is 105 Å². The summed E-state index contributed by atoms with van der Waals surface area (Å²) in [6.07, 6.45) is 0.322. The van der Waals surface area contributed by atoms with Gasteiger partial charge in [0, 0.05) is 18.3 Å². The summed E-state index contributed by atoms with van der Waals surface area (Å²) in [4.78, 5) is 25.0. The minimum absolute atomic E-state index is 0.0746. The van der Waals surface area contributed by atoms with Gasteiger partial charge in [-0.1, -0.05) is 26.0 Å². The van der Waals surface area contributed by atoms with Crippen LogP contribution in [0.3, 0.4) is 0 Å². The SMILES string of the molecule is Cc1cc2c(cc1S(=O)(=O)N1CCCC1C(=O)Nc1ccc(C(C)C)cc1)OC(C)C(=O)N2. The summed E-state index contributed by atoms with van der Waals surface area (Å²) in [6, 6.07) is 9.82. The predicted octanol–water partition coefficient (Wildman–Crippen LogP) is 3.63. The number of ether oxygens (including phenoxy) is 1. The van der Waals surface area contributed by atoms with E-state index in [1.807, 2.05) is 24.3 Å². The lowest BCUT2D eigenvalue weighted by atomic mass is 10.0. The summed E-state index contributed by atoms with van der Waals surface area (Å²) in [6.45, 7) is 7.71. The number of fused-ring (bicyclic) bond motifs is 1. The zero-order valence-electron chi connectivity index (χ0n) is 19.2. The monoisotopic (exact) mass is 471 g/mol. The summed E-state index contributed by atoms with van der Waals surface area (Å²) in [5, 5.41) is 5.59. The lowest BCUT2D eigenvalue weighted by Gasteiger charge is -2.27. The Hall–Kier alpha value is -2.91. The molecule has 2 atom stereocenters. The molecule has 4 rings (SSSR count). The molecule has 0 radical (unpaired) electrons. The summed E-state index contributed by atoms with van der Waals surface area (Å²) >= 11 is 0. The van der Waals surface area contributed by atoms with Crippen molar-refractivity contribution in [2.24, 2.45) is 0 Å². The van der Waals surface area contributed by atoms with E-state index in [9.17, 15) is 18.0 Å². The predicted molar refractivity (Wildman–Crippen MR) is 126 cm³/mol. The number of carbonyl (C=O) groups is 2. The molecule has 2 aliphatic rings. The van der Waals surface area contributed by atoms with Crippen LogP contribution in [0.1, 0.15) is 50.7 Å². The van der Waals surface area contributed by atoms with Crippen LogP contribution in [-0.2, 0) is 19.6 Å². The molecule has 1 fully saturated rings. The second-order valence-electron chi connectivity index (χ2n) is 8.90. The van der Waals surface area contributed by atoms with Gasteiger partial charge in [0.1, 0.15) is 11.8 Å². The van der Waals surface area contributed by atoms with Crippen LogP contribution in [0.4, 0.5) is 11.4 Å². The first-order valence-electron chi connectivity index (χ1n) is 11.1. The molecular formula is C24H29N3O5S. The number of hydrogen-bond acceptors (Lipinski definition) is 5. The largest absolute Gasteiger partial charge is 0.479 e. The van der Waals surface area contributed by atoms with Crippen LogP contribution in [0.25, 0.3) is 0 Å². The van der Waals surface area contributed by atoms with Crippen molar-refractivity contribution in [3.8, 4) is 5.75 Å². The Bertz CT molecular complexity index is 1190. The molecule has 33 heavy (non-hydrogen) atoms. The fourth-order valence-corrected chi connectivity index (χ4v) is 6.09. The van der Waals surface area contributed by atoms with Gasteiger partial charge in [0.25, 0.3) is 5.91 Å². The Morgan fingerprint density at radius 1 is 1.21 bits per heavy atom. The lowest BCUT2D eigenvalue weighted by Crippen LogP contribution is -2.43. The molecule has 0 aliphatic carbocycles. The van der Waals surface area contributed by atoms with Crippen LogP contribution < -0.4 is 15.4 Å². The Morgan fingerprint density at radius 3 is 2.58 bits per heavy atom. The number of nitrogens with zero attached hydrogens (tertiary/aromatic N) is 1. The van der Waals surface area contributed by atoms with Crippen molar-refractivity contribution in [2.75, 3.05) is 17.2 Å². The molecule has 2 aromatic carbocycles. The van der Waals surface area contributed by atoms with Gasteiger partial charge in [-0.05, 0) is 61.9 Å². The number of benzene rings is 2. The lowest BCUT2D eigenvalue weighted by molar-refractivity contribution is -0.122. The third-order valence-electron chi connectivity index (χ3n) is 6.15. The van der Waals surface area contributed by atoms with E-state index in [0.29, 0.717) is 41.4 Å². The number of rotatable bonds is 5. The number of carbonyl (C=O) groups excluding carboxylic acids is 2. The number of sulfonamides is 1. The standard InChI is InChI=1S/C24H29N3O5S/c1-14(2)17-7-9-18(10-8-17)25-24(29)20-6-5-11-27(20)33(30,31)22-13-21-19(12-15(22)3)26-23(28)16(4)32-21/h7-10,12-14,16,20H,5-6,11H2,1-4H3,(H,25,29)(H,26,28). The first-order valence-corrected chi connectivity index (χ1v) is 12.6. The van der Waals surface area contributed by atoms with Crippen LogP contribution in [0.15, 0.2) is 41.3 Å². The van der Waals surface area contributed by atoms with Gasteiger partial charge in [-0.15, -0.1) is 0 Å². The molecule has 0 aromatic heterocycles. The van der Waals surface area contributed by atoms with Gasteiger partial charge in [0.15, 0.2) is 6.10 Å². The molecule has 0 saturated carbocycles. The Kier molecular flexibility index (Phi) is 6.20. The van der Waals surface area contributed by atoms with Crippen molar-refractivity contribution < 1.29 is 22.7 Å². The highest BCUT2D eigenvalue weighted by molar-refractivity contribution is 7.89. The quantitative estimate of drug-likeness (QED) is 0.693. The smallest absolute Gasteiger partial charge is 0.265 e.